The molecule has 0 saturated carbocycles. The van der Waals surface area contributed by atoms with Crippen molar-refractivity contribution < 1.29 is 9.90 Å². The minimum atomic E-state index is -0.618. The molecule has 1 atom stereocenters. The third-order valence-electron chi connectivity index (χ3n) is 2.95. The van der Waals surface area contributed by atoms with Crippen molar-refractivity contribution in [3.63, 3.8) is 0 Å². The minimum absolute atomic E-state index is 0.108. The average Bonchev–Trinajstić information content (AvgIpc) is 2.38. The number of aliphatic hydroxyl groups is 1. The Hall–Kier alpha value is -0.910. The molecule has 0 aliphatic carbocycles. The van der Waals surface area contributed by atoms with Crippen LogP contribution in [-0.4, -0.2) is 29.5 Å². The number of hydrogen-bond acceptors (Lipinski definition) is 3. The van der Waals surface area contributed by atoms with Crippen LogP contribution in [0.2, 0.25) is 5.02 Å². The minimum Gasteiger partial charge on any atom is -0.394 e. The van der Waals surface area contributed by atoms with Gasteiger partial charge in [0.1, 0.15) is 0 Å². The molecule has 1 aromatic rings. The zero-order valence-electron chi connectivity index (χ0n) is 11.3. The van der Waals surface area contributed by atoms with Gasteiger partial charge in [0.05, 0.1) is 17.2 Å². The molecule has 3 N–H and O–H groups in total. The van der Waals surface area contributed by atoms with E-state index in [2.05, 4.69) is 10.6 Å². The van der Waals surface area contributed by atoms with Crippen LogP contribution >= 0.6 is 23.4 Å². The fourth-order valence-electron chi connectivity index (χ4n) is 1.42. The number of amides is 2. The highest BCUT2D eigenvalue weighted by atomic mass is 35.5. The lowest BCUT2D eigenvalue weighted by atomic mass is 10.0. The van der Waals surface area contributed by atoms with E-state index >= 15 is 0 Å². The fourth-order valence-corrected chi connectivity index (χ4v) is 2.29. The molecular formula is C13H19ClN2O2S. The molecule has 106 valence electrons. The lowest BCUT2D eigenvalue weighted by Gasteiger charge is -2.27. The third kappa shape index (κ3) is 4.60. The number of carbonyl (C=O) groups excluding carboxylic acids is 1. The van der Waals surface area contributed by atoms with Gasteiger partial charge in [0.25, 0.3) is 0 Å². The molecule has 0 bridgehead atoms. The Labute approximate surface area is 122 Å². The normalized spacial score (nSPS) is 13.7. The summed E-state index contributed by atoms with van der Waals surface area (Å²) < 4.78 is 0. The van der Waals surface area contributed by atoms with E-state index in [0.717, 1.165) is 4.90 Å². The summed E-state index contributed by atoms with van der Waals surface area (Å²) in [5, 5.41) is 15.3. The highest BCUT2D eigenvalue weighted by Crippen LogP contribution is 2.27. The number of hydrogen-bond donors (Lipinski definition) is 3. The molecule has 1 unspecified atom stereocenters. The second-order valence-electron chi connectivity index (χ2n) is 4.50. The summed E-state index contributed by atoms with van der Waals surface area (Å²) in [5.41, 5.74) is 0.00397. The molecule has 1 aromatic carbocycles. The number of rotatable bonds is 5. The number of anilines is 1. The van der Waals surface area contributed by atoms with Crippen LogP contribution in [0.3, 0.4) is 0 Å². The van der Waals surface area contributed by atoms with Gasteiger partial charge >= 0.3 is 6.03 Å². The number of nitrogens with one attached hydrogen (secondary N) is 2. The second kappa shape index (κ2) is 7.03. The average molecular weight is 303 g/mol. The van der Waals surface area contributed by atoms with Crippen molar-refractivity contribution in [3.05, 3.63) is 23.2 Å². The number of aliphatic hydroxyl groups excluding tert-OH is 1. The highest BCUT2D eigenvalue weighted by Gasteiger charge is 2.23. The quantitative estimate of drug-likeness (QED) is 0.731. The van der Waals surface area contributed by atoms with Gasteiger partial charge in [-0.05, 0) is 37.8 Å². The maximum Gasteiger partial charge on any atom is 0.319 e. The summed E-state index contributed by atoms with van der Waals surface area (Å²) >= 11 is 7.62. The van der Waals surface area contributed by atoms with Crippen molar-refractivity contribution in [2.45, 2.75) is 30.7 Å². The van der Waals surface area contributed by atoms with Gasteiger partial charge in [-0.2, -0.15) is 0 Å². The predicted molar refractivity (Wildman–Crippen MR) is 81.2 cm³/mol. The van der Waals surface area contributed by atoms with Gasteiger partial charge in [0.2, 0.25) is 0 Å². The molecule has 19 heavy (non-hydrogen) atoms. The van der Waals surface area contributed by atoms with Crippen molar-refractivity contribution in [3.8, 4) is 0 Å². The summed E-state index contributed by atoms with van der Waals surface area (Å²) in [5.74, 6) is 0. The largest absolute Gasteiger partial charge is 0.394 e. The van der Waals surface area contributed by atoms with E-state index < -0.39 is 5.54 Å². The zero-order chi connectivity index (χ0) is 14.5. The van der Waals surface area contributed by atoms with E-state index in [1.807, 2.05) is 19.2 Å². The Morgan fingerprint density at radius 1 is 1.53 bits per heavy atom. The van der Waals surface area contributed by atoms with Gasteiger partial charge in [0.15, 0.2) is 0 Å². The van der Waals surface area contributed by atoms with Crippen molar-refractivity contribution in [1.29, 1.82) is 0 Å². The van der Waals surface area contributed by atoms with Gasteiger partial charge in [-0.15, -0.1) is 11.8 Å². The molecule has 2 amide bonds. The molecule has 0 spiro atoms. The number of thioether (sulfide) groups is 1. The van der Waals surface area contributed by atoms with E-state index in [9.17, 15) is 9.90 Å². The number of halogens is 1. The zero-order valence-corrected chi connectivity index (χ0v) is 12.9. The molecular weight excluding hydrogens is 284 g/mol. The molecule has 0 radical (unpaired) electrons. The number of benzene rings is 1. The van der Waals surface area contributed by atoms with Crippen LogP contribution in [0.5, 0.6) is 0 Å². The van der Waals surface area contributed by atoms with Crippen LogP contribution in [0, 0.1) is 0 Å². The van der Waals surface area contributed by atoms with Gasteiger partial charge in [-0.1, -0.05) is 18.5 Å². The summed E-state index contributed by atoms with van der Waals surface area (Å²) in [7, 11) is 0. The first-order valence-electron chi connectivity index (χ1n) is 5.97. The van der Waals surface area contributed by atoms with Gasteiger partial charge in [-0.3, -0.25) is 0 Å². The molecule has 1 rings (SSSR count). The smallest absolute Gasteiger partial charge is 0.319 e. The topological polar surface area (TPSA) is 61.4 Å². The lowest BCUT2D eigenvalue weighted by Crippen LogP contribution is -2.50. The van der Waals surface area contributed by atoms with E-state index in [-0.39, 0.29) is 12.6 Å². The van der Waals surface area contributed by atoms with Crippen LogP contribution in [0.25, 0.3) is 0 Å². The van der Waals surface area contributed by atoms with Crippen molar-refractivity contribution in [2.75, 3.05) is 18.2 Å². The molecule has 4 nitrogen and oxygen atoms in total. The van der Waals surface area contributed by atoms with E-state index in [1.54, 1.807) is 30.8 Å². The molecule has 0 aliphatic heterocycles. The Kier molecular flexibility index (Phi) is 5.97. The molecule has 0 aliphatic rings. The lowest BCUT2D eigenvalue weighted by molar-refractivity contribution is 0.172. The third-order valence-corrected chi connectivity index (χ3v) is 4.17. The summed E-state index contributed by atoms with van der Waals surface area (Å²) in [6.45, 7) is 3.58. The number of carbonyl (C=O) groups is 1. The first kappa shape index (κ1) is 16.1. The van der Waals surface area contributed by atoms with Crippen LogP contribution in [0.4, 0.5) is 10.5 Å². The van der Waals surface area contributed by atoms with Crippen molar-refractivity contribution in [1.82, 2.24) is 5.32 Å². The first-order valence-corrected chi connectivity index (χ1v) is 7.58. The maximum absolute atomic E-state index is 11.8. The van der Waals surface area contributed by atoms with Crippen LogP contribution < -0.4 is 10.6 Å². The van der Waals surface area contributed by atoms with Gasteiger partial charge in [-0.25, -0.2) is 4.79 Å². The van der Waals surface area contributed by atoms with E-state index in [1.165, 1.54) is 0 Å². The van der Waals surface area contributed by atoms with Crippen LogP contribution in [0.1, 0.15) is 20.3 Å². The molecule has 0 aromatic heterocycles. The van der Waals surface area contributed by atoms with E-state index in [0.29, 0.717) is 17.1 Å². The van der Waals surface area contributed by atoms with Crippen molar-refractivity contribution in [2.24, 2.45) is 0 Å². The second-order valence-corrected chi connectivity index (χ2v) is 5.76. The molecule has 0 saturated heterocycles. The Morgan fingerprint density at radius 3 is 2.68 bits per heavy atom. The highest BCUT2D eigenvalue weighted by molar-refractivity contribution is 7.98. The summed E-state index contributed by atoms with van der Waals surface area (Å²) in [6.07, 6.45) is 2.58. The van der Waals surface area contributed by atoms with Crippen molar-refractivity contribution >= 4 is 35.1 Å². The van der Waals surface area contributed by atoms with Gasteiger partial charge < -0.3 is 15.7 Å². The standard InChI is InChI=1S/C13H19ClN2O2S/c1-4-13(2,8-17)16-12(18)15-9-5-6-11(19-3)10(14)7-9/h5-7,17H,4,8H2,1-3H3,(H2,15,16,18). The van der Waals surface area contributed by atoms with Gasteiger partial charge in [0, 0.05) is 10.6 Å². The number of urea groups is 1. The summed E-state index contributed by atoms with van der Waals surface area (Å²) in [6, 6.07) is 4.99. The predicted octanol–water partition coefficient (Wildman–Crippen LogP) is 3.34. The Balaban J connectivity index is 2.70. The Bertz CT molecular complexity index is 450. The SMILES string of the molecule is CCC(C)(CO)NC(=O)Nc1ccc(SC)c(Cl)c1. The maximum atomic E-state index is 11.8. The van der Waals surface area contributed by atoms with Crippen LogP contribution in [-0.2, 0) is 0 Å². The monoisotopic (exact) mass is 302 g/mol. The first-order chi connectivity index (χ1) is 8.94. The summed E-state index contributed by atoms with van der Waals surface area (Å²) in [4.78, 5) is 12.8. The Morgan fingerprint density at radius 2 is 2.21 bits per heavy atom. The molecule has 0 heterocycles. The molecule has 6 heteroatoms. The van der Waals surface area contributed by atoms with Crippen LogP contribution in [0.15, 0.2) is 23.1 Å². The van der Waals surface area contributed by atoms with E-state index in [4.69, 9.17) is 11.6 Å². The molecule has 0 fully saturated rings. The fraction of sp³-hybridized carbons (Fsp3) is 0.462.